The molecule has 22 nitrogen and oxygen atoms in total. The molecule has 17 rings (SSSR count). The highest BCUT2D eigenvalue weighted by Crippen LogP contribution is 2.40. The van der Waals surface area contributed by atoms with Crippen LogP contribution >= 0.6 is 15.9 Å². The summed E-state index contributed by atoms with van der Waals surface area (Å²) < 4.78 is 12.2. The fourth-order valence-electron chi connectivity index (χ4n) is 14.8. The number of nitrogens with one attached hydrogen (secondary N) is 3. The number of piperidine rings is 3. The number of hydrogen-bond acceptors (Lipinski definition) is 13. The summed E-state index contributed by atoms with van der Waals surface area (Å²) in [6, 6.07) is 38.4. The molecule has 4 fully saturated rings. The molecule has 0 atom stereocenters. The number of likely N-dealkylation sites (tertiary alicyclic amines) is 3. The first-order chi connectivity index (χ1) is 46.9. The Labute approximate surface area is 561 Å². The first kappa shape index (κ1) is 61.8. The third kappa shape index (κ3) is 11.9. The van der Waals surface area contributed by atoms with Gasteiger partial charge in [-0.25, -0.2) is 29.9 Å². The van der Waals surface area contributed by atoms with E-state index in [2.05, 4.69) is 112 Å². The molecule has 488 valence electrons. The molecular weight excluding hydrogens is 1270 g/mol. The summed E-state index contributed by atoms with van der Waals surface area (Å²) in [5.41, 5.74) is 30.6. The number of fused-ring (bicyclic) bond motifs is 6. The van der Waals surface area contributed by atoms with Gasteiger partial charge in [0.2, 0.25) is 11.8 Å². The highest BCUT2D eigenvalue weighted by Gasteiger charge is 2.34. The number of carbonyl (C=O) groups is 3. The molecule has 0 bridgehead atoms. The van der Waals surface area contributed by atoms with Crippen LogP contribution in [0.1, 0.15) is 110 Å². The maximum atomic E-state index is 12.9. The van der Waals surface area contributed by atoms with Crippen molar-refractivity contribution in [2.75, 3.05) is 70.2 Å². The van der Waals surface area contributed by atoms with E-state index in [1.807, 2.05) is 95.1 Å². The molecule has 4 aliphatic rings. The van der Waals surface area contributed by atoms with E-state index in [0.717, 1.165) is 170 Å². The quantitative estimate of drug-likeness (QED) is 0.0744. The molecule has 1 saturated carbocycles. The lowest BCUT2D eigenvalue weighted by atomic mass is 9.94. The predicted molar refractivity (Wildman–Crippen MR) is 377 cm³/mol. The van der Waals surface area contributed by atoms with E-state index in [0.29, 0.717) is 55.1 Å². The van der Waals surface area contributed by atoms with Crippen LogP contribution in [0.2, 0.25) is 0 Å². The van der Waals surface area contributed by atoms with Gasteiger partial charge in [-0.2, -0.15) is 0 Å². The number of nitrogens with two attached hydrogens (primary N) is 3. The number of rotatable bonds is 10. The Bertz CT molecular complexity index is 4910. The van der Waals surface area contributed by atoms with E-state index in [9.17, 15) is 14.4 Å². The monoisotopic (exact) mass is 1350 g/mol. The molecule has 0 unspecified atom stereocenters. The van der Waals surface area contributed by atoms with Crippen LogP contribution in [-0.2, 0) is 14.3 Å². The number of halogens is 1. The largest absolute Gasteiger partial charge is 0.382 e. The number of hydrogen-bond donors (Lipinski definition) is 6. The Hall–Kier alpha value is -10.4. The van der Waals surface area contributed by atoms with E-state index in [-0.39, 0.29) is 42.1 Å². The number of anilines is 3. The summed E-state index contributed by atoms with van der Waals surface area (Å²) in [7, 11) is 1.55. The van der Waals surface area contributed by atoms with Gasteiger partial charge >= 0.3 is 0 Å². The SMILES string of the molecule is COCC(=O)N1CCC(c2nc(-c3cc4ccccc4[nH]3)c3c(N)nccn23)CC1.Nc1nccn2c(C3CCN(C(=O)C4CCCC4)CC3)nc(-c3cc4ccccc4[nH]3)c12.Nc1nccn2c(C3CCN(C(=O)c4ccc(Br)cc4)CC3)nc(-c3cc4ccccc4[nH]3)c12. The number of amides is 3. The maximum Gasteiger partial charge on any atom is 0.253 e. The predicted octanol–water partition coefficient (Wildman–Crippen LogP) is 12.4. The zero-order valence-corrected chi connectivity index (χ0v) is 55.0. The maximum absolute atomic E-state index is 12.9. The van der Waals surface area contributed by atoms with Crippen molar-refractivity contribution in [2.24, 2.45) is 5.92 Å². The molecule has 12 heterocycles. The van der Waals surface area contributed by atoms with Gasteiger partial charge in [-0.3, -0.25) is 27.6 Å². The third-order valence-electron chi connectivity index (χ3n) is 19.8. The Morgan fingerprint density at radius 1 is 0.490 bits per heavy atom. The summed E-state index contributed by atoms with van der Waals surface area (Å²) in [6.45, 7) is 4.51. The zero-order chi connectivity index (χ0) is 65.6. The van der Waals surface area contributed by atoms with E-state index < -0.39 is 0 Å². The molecule has 4 aromatic carbocycles. The van der Waals surface area contributed by atoms with Crippen LogP contribution in [0.15, 0.2) is 157 Å². The van der Waals surface area contributed by atoms with E-state index in [4.69, 9.17) is 36.9 Å². The number of nitrogens with zero attached hydrogens (tertiary/aromatic N) is 12. The van der Waals surface area contributed by atoms with E-state index >= 15 is 0 Å². The second-order valence-electron chi connectivity index (χ2n) is 25.6. The molecule has 23 heteroatoms. The fraction of sp³-hybridized carbons (Fsp3) is 0.301. The highest BCUT2D eigenvalue weighted by atomic mass is 79.9. The number of nitrogen functional groups attached to an aromatic ring is 3. The van der Waals surface area contributed by atoms with Crippen LogP contribution in [0, 0.1) is 5.92 Å². The first-order valence-corrected chi connectivity index (χ1v) is 33.9. The Balaban J connectivity index is 0.000000118. The Morgan fingerprint density at radius 2 is 0.854 bits per heavy atom. The summed E-state index contributed by atoms with van der Waals surface area (Å²) in [4.78, 5) is 82.4. The molecule has 9 N–H and O–H groups in total. The van der Waals surface area contributed by atoms with Crippen molar-refractivity contribution < 1.29 is 19.1 Å². The van der Waals surface area contributed by atoms with Crippen LogP contribution < -0.4 is 17.2 Å². The summed E-state index contributed by atoms with van der Waals surface area (Å²) in [5, 5.41) is 3.40. The average molecular weight is 1350 g/mol. The lowest BCUT2D eigenvalue weighted by Crippen LogP contribution is -2.41. The van der Waals surface area contributed by atoms with Gasteiger partial charge < -0.3 is 51.6 Å². The standard InChI is InChI=1S/C26H23BrN6O.C25H28N6O.C22H24N6O2/c27-19-7-5-17(6-8-19)26(34)32-12-9-16(10-13-32)25-31-22(23-24(28)29-11-14-33(23)25)21-15-18-3-1-2-4-20(18)30-21;26-23-22-21(20-15-18-7-3-4-8-19(18)28-20)29-24(31(22)14-11-27-23)16-9-12-30(13-10-16)25(32)17-5-1-2-6-17;1-30-13-18(29)27-9-6-14(7-10-27)22-26-19(20-21(23)24-8-11-28(20)22)17-12-15-4-2-3-5-16(15)25-17/h1-8,11,14-16,30H,9-10,12-13H2,(H2,28,29);3-4,7-8,11,14-17,28H,1-2,5-6,9-10,12-13H2,(H2,26,27);2-5,8,11-12,14,25H,6-7,9-10,13H2,1H3,(H2,23,24). The van der Waals surface area contributed by atoms with Gasteiger partial charge in [0.25, 0.3) is 5.91 Å². The minimum atomic E-state index is 0.0381. The van der Waals surface area contributed by atoms with E-state index in [1.54, 1.807) is 25.7 Å². The van der Waals surface area contributed by atoms with Gasteiger partial charge in [-0.05, 0) is 112 Å². The molecule has 96 heavy (non-hydrogen) atoms. The number of H-pyrrole nitrogens is 3. The molecule has 0 radical (unpaired) electrons. The zero-order valence-electron chi connectivity index (χ0n) is 53.4. The summed E-state index contributed by atoms with van der Waals surface area (Å²) in [6.07, 6.45) is 20.7. The first-order valence-electron chi connectivity index (χ1n) is 33.1. The lowest BCUT2D eigenvalue weighted by Gasteiger charge is -2.33. The minimum absolute atomic E-state index is 0.0381. The number of aromatic amines is 3. The van der Waals surface area contributed by atoms with Gasteiger partial charge in [0.05, 0.1) is 17.1 Å². The van der Waals surface area contributed by atoms with Crippen LogP contribution in [0.5, 0.6) is 0 Å². The third-order valence-corrected chi connectivity index (χ3v) is 20.3. The number of aromatic nitrogens is 12. The van der Waals surface area contributed by atoms with Crippen molar-refractivity contribution in [1.82, 2.24) is 72.8 Å². The number of ether oxygens (including phenoxy) is 1. The van der Waals surface area contributed by atoms with Gasteiger partial charge in [0.15, 0.2) is 0 Å². The number of methoxy groups -OCH3 is 1. The number of para-hydroxylation sites is 3. The second kappa shape index (κ2) is 26.4. The topological polar surface area (TPSA) is 286 Å². The molecule has 9 aromatic heterocycles. The molecule has 3 aliphatic heterocycles. The van der Waals surface area contributed by atoms with E-state index in [1.165, 1.54) is 12.8 Å². The van der Waals surface area contributed by atoms with Gasteiger partial charge in [-0.15, -0.1) is 0 Å². The summed E-state index contributed by atoms with van der Waals surface area (Å²) >= 11 is 3.43. The number of imidazole rings is 3. The van der Waals surface area contributed by atoms with Gasteiger partial charge in [0, 0.05) is 150 Å². The van der Waals surface area contributed by atoms with Crippen LogP contribution in [0.4, 0.5) is 17.5 Å². The van der Waals surface area contributed by atoms with Crippen molar-refractivity contribution in [3.63, 3.8) is 0 Å². The van der Waals surface area contributed by atoms with Crippen LogP contribution in [0.3, 0.4) is 0 Å². The van der Waals surface area contributed by atoms with Gasteiger partial charge in [-0.1, -0.05) is 83.4 Å². The van der Waals surface area contributed by atoms with Gasteiger partial charge in [0.1, 0.15) is 75.2 Å². The normalized spacial score (nSPS) is 16.1. The van der Waals surface area contributed by atoms with Crippen LogP contribution in [0.25, 0.3) is 83.4 Å². The van der Waals surface area contributed by atoms with Crippen molar-refractivity contribution >= 4 is 100 Å². The molecule has 0 spiro atoms. The Kier molecular flexibility index (Phi) is 17.0. The van der Waals surface area contributed by atoms with Crippen molar-refractivity contribution in [1.29, 1.82) is 0 Å². The average Bonchev–Trinajstić information content (AvgIpc) is 1.61. The summed E-state index contributed by atoms with van der Waals surface area (Å²) in [5.74, 6) is 5.81. The molecule has 13 aromatic rings. The fourth-order valence-corrected chi connectivity index (χ4v) is 15.1. The minimum Gasteiger partial charge on any atom is -0.382 e. The number of benzene rings is 4. The second-order valence-corrected chi connectivity index (χ2v) is 26.5. The molecule has 3 saturated heterocycles. The lowest BCUT2D eigenvalue weighted by molar-refractivity contribution is -0.137. The number of carbonyl (C=O) groups excluding carboxylic acids is 3. The van der Waals surface area contributed by atoms with Crippen molar-refractivity contribution in [3.05, 3.63) is 180 Å². The highest BCUT2D eigenvalue weighted by molar-refractivity contribution is 9.10. The smallest absolute Gasteiger partial charge is 0.253 e. The van der Waals surface area contributed by atoms with Crippen molar-refractivity contribution in [3.8, 4) is 34.2 Å². The molecule has 3 amide bonds. The van der Waals surface area contributed by atoms with Crippen molar-refractivity contribution in [2.45, 2.75) is 82.0 Å². The Morgan fingerprint density at radius 3 is 1.23 bits per heavy atom. The van der Waals surface area contributed by atoms with Crippen LogP contribution in [-0.4, -0.2) is 143 Å². The molecular formula is C73H75BrN18O4. The molecule has 1 aliphatic carbocycles.